The van der Waals surface area contributed by atoms with E-state index in [2.05, 4.69) is 6.92 Å². The summed E-state index contributed by atoms with van der Waals surface area (Å²) in [6, 6.07) is 9.95. The first-order valence-corrected chi connectivity index (χ1v) is 4.84. The molecule has 0 aliphatic heterocycles. The van der Waals surface area contributed by atoms with Gasteiger partial charge < -0.3 is 5.11 Å². The van der Waals surface area contributed by atoms with Crippen molar-refractivity contribution in [3.05, 3.63) is 35.9 Å². The van der Waals surface area contributed by atoms with E-state index in [1.165, 1.54) is 0 Å². The second-order valence-electron chi connectivity index (χ2n) is 4.50. The van der Waals surface area contributed by atoms with Crippen LogP contribution in [0, 0.1) is 5.41 Å². The molecule has 1 aromatic rings. The van der Waals surface area contributed by atoms with Crippen LogP contribution in [0.15, 0.2) is 30.3 Å². The van der Waals surface area contributed by atoms with Crippen molar-refractivity contribution in [3.8, 4) is 0 Å². The molecule has 1 aromatic carbocycles. The molecule has 1 atom stereocenters. The minimum absolute atomic E-state index is 0.106. The van der Waals surface area contributed by atoms with Crippen molar-refractivity contribution in [1.29, 1.82) is 0 Å². The molecule has 1 saturated carbocycles. The smallest absolute Gasteiger partial charge is 0.0921 e. The van der Waals surface area contributed by atoms with Gasteiger partial charge in [0.1, 0.15) is 0 Å². The molecule has 1 aliphatic carbocycles. The number of aliphatic hydroxyl groups is 1. The normalized spacial score (nSPS) is 23.6. The molecule has 1 nitrogen and oxygen atoms in total. The largest absolute Gasteiger partial charge is 0.385 e. The van der Waals surface area contributed by atoms with Crippen LogP contribution in [0.3, 0.4) is 0 Å². The molecule has 2 rings (SSSR count). The Balaban J connectivity index is 2.35. The van der Waals surface area contributed by atoms with Crippen LogP contribution in [-0.4, -0.2) is 5.11 Å². The molecule has 0 spiro atoms. The summed E-state index contributed by atoms with van der Waals surface area (Å²) in [5.74, 6) is 0. The average Bonchev–Trinajstić information content (AvgIpc) is 2.87. The second kappa shape index (κ2) is 2.58. The molecule has 1 fully saturated rings. The molecule has 0 saturated heterocycles. The van der Waals surface area contributed by atoms with Crippen molar-refractivity contribution in [3.63, 3.8) is 0 Å². The topological polar surface area (TPSA) is 20.2 Å². The van der Waals surface area contributed by atoms with Crippen molar-refractivity contribution >= 4 is 0 Å². The van der Waals surface area contributed by atoms with E-state index < -0.39 is 5.60 Å². The van der Waals surface area contributed by atoms with Crippen LogP contribution in [0.5, 0.6) is 0 Å². The van der Waals surface area contributed by atoms with Gasteiger partial charge in [-0.05, 0) is 25.3 Å². The maximum absolute atomic E-state index is 10.4. The minimum Gasteiger partial charge on any atom is -0.385 e. The summed E-state index contributed by atoms with van der Waals surface area (Å²) in [6.45, 7) is 4.08. The van der Waals surface area contributed by atoms with Gasteiger partial charge in [-0.15, -0.1) is 0 Å². The van der Waals surface area contributed by atoms with E-state index in [1.54, 1.807) is 0 Å². The lowest BCUT2D eigenvalue weighted by Crippen LogP contribution is -2.31. The molecule has 70 valence electrons. The lowest BCUT2D eigenvalue weighted by atomic mass is 9.81. The summed E-state index contributed by atoms with van der Waals surface area (Å²) in [6.07, 6.45) is 2.27. The van der Waals surface area contributed by atoms with Gasteiger partial charge in [0, 0.05) is 5.41 Å². The third kappa shape index (κ3) is 1.28. The van der Waals surface area contributed by atoms with Crippen molar-refractivity contribution in [1.82, 2.24) is 0 Å². The zero-order chi connectivity index (χ0) is 9.53. The Hall–Kier alpha value is -0.820. The molecule has 1 aliphatic rings. The van der Waals surface area contributed by atoms with Gasteiger partial charge in [0.05, 0.1) is 5.60 Å². The monoisotopic (exact) mass is 176 g/mol. The third-order valence-corrected chi connectivity index (χ3v) is 3.51. The summed E-state index contributed by atoms with van der Waals surface area (Å²) >= 11 is 0. The fourth-order valence-corrected chi connectivity index (χ4v) is 1.79. The maximum Gasteiger partial charge on any atom is 0.0921 e. The summed E-state index contributed by atoms with van der Waals surface area (Å²) < 4.78 is 0. The van der Waals surface area contributed by atoms with E-state index in [1.807, 2.05) is 37.3 Å². The van der Waals surface area contributed by atoms with Crippen LogP contribution < -0.4 is 0 Å². The van der Waals surface area contributed by atoms with Gasteiger partial charge >= 0.3 is 0 Å². The lowest BCUT2D eigenvalue weighted by Gasteiger charge is -2.30. The number of rotatable bonds is 2. The first-order chi connectivity index (χ1) is 6.06. The standard InChI is InChI=1S/C12H16O/c1-11(8-9-11)12(2,13)10-6-4-3-5-7-10/h3-7,13H,8-9H2,1-2H3/t12-/m0/s1. The Labute approximate surface area is 79.4 Å². The van der Waals surface area contributed by atoms with Crippen LogP contribution in [0.4, 0.5) is 0 Å². The lowest BCUT2D eigenvalue weighted by molar-refractivity contribution is -0.0126. The highest BCUT2D eigenvalue weighted by Gasteiger charge is 2.52. The zero-order valence-corrected chi connectivity index (χ0v) is 8.25. The maximum atomic E-state index is 10.4. The molecular weight excluding hydrogens is 160 g/mol. The third-order valence-electron chi connectivity index (χ3n) is 3.51. The first kappa shape index (κ1) is 8.76. The summed E-state index contributed by atoms with van der Waals surface area (Å²) in [5, 5.41) is 10.4. The average molecular weight is 176 g/mol. The van der Waals surface area contributed by atoms with Crippen LogP contribution in [-0.2, 0) is 5.60 Å². The summed E-state index contributed by atoms with van der Waals surface area (Å²) in [7, 11) is 0. The van der Waals surface area contributed by atoms with Crippen LogP contribution in [0.25, 0.3) is 0 Å². The van der Waals surface area contributed by atoms with Gasteiger partial charge in [-0.3, -0.25) is 0 Å². The molecule has 0 bridgehead atoms. The van der Waals surface area contributed by atoms with Crippen LogP contribution in [0.1, 0.15) is 32.3 Å². The molecule has 0 aromatic heterocycles. The first-order valence-electron chi connectivity index (χ1n) is 4.84. The molecule has 0 amide bonds. The van der Waals surface area contributed by atoms with Gasteiger partial charge in [-0.1, -0.05) is 37.3 Å². The Kier molecular flexibility index (Phi) is 1.74. The van der Waals surface area contributed by atoms with Gasteiger partial charge in [0.15, 0.2) is 0 Å². The van der Waals surface area contributed by atoms with Crippen LogP contribution in [0.2, 0.25) is 0 Å². The molecule has 1 N–H and O–H groups in total. The highest BCUT2D eigenvalue weighted by Crippen LogP contribution is 2.57. The van der Waals surface area contributed by atoms with Gasteiger partial charge in [-0.2, -0.15) is 0 Å². The molecule has 13 heavy (non-hydrogen) atoms. The second-order valence-corrected chi connectivity index (χ2v) is 4.50. The van der Waals surface area contributed by atoms with Gasteiger partial charge in [-0.25, -0.2) is 0 Å². The molecule has 0 radical (unpaired) electrons. The highest BCUT2D eigenvalue weighted by atomic mass is 16.3. The van der Waals surface area contributed by atoms with Crippen molar-refractivity contribution in [2.45, 2.75) is 32.3 Å². The number of benzene rings is 1. The highest BCUT2D eigenvalue weighted by molar-refractivity contribution is 5.26. The molecular formula is C12H16O. The Morgan fingerprint density at radius 1 is 1.23 bits per heavy atom. The predicted molar refractivity (Wildman–Crippen MR) is 53.4 cm³/mol. The predicted octanol–water partition coefficient (Wildman–Crippen LogP) is 2.69. The Morgan fingerprint density at radius 2 is 1.77 bits per heavy atom. The Bertz CT molecular complexity index is 296. The molecule has 0 unspecified atom stereocenters. The van der Waals surface area contributed by atoms with Crippen molar-refractivity contribution < 1.29 is 5.11 Å². The zero-order valence-electron chi connectivity index (χ0n) is 8.25. The molecule has 1 heteroatoms. The molecule has 0 heterocycles. The van der Waals surface area contributed by atoms with Crippen LogP contribution >= 0.6 is 0 Å². The van der Waals surface area contributed by atoms with Crippen molar-refractivity contribution in [2.24, 2.45) is 5.41 Å². The summed E-state index contributed by atoms with van der Waals surface area (Å²) in [4.78, 5) is 0. The van der Waals surface area contributed by atoms with E-state index in [0.717, 1.165) is 18.4 Å². The van der Waals surface area contributed by atoms with E-state index in [-0.39, 0.29) is 5.41 Å². The van der Waals surface area contributed by atoms with Gasteiger partial charge in [0.25, 0.3) is 0 Å². The number of hydrogen-bond donors (Lipinski definition) is 1. The quantitative estimate of drug-likeness (QED) is 0.734. The fourth-order valence-electron chi connectivity index (χ4n) is 1.79. The van der Waals surface area contributed by atoms with E-state index in [0.29, 0.717) is 0 Å². The van der Waals surface area contributed by atoms with E-state index in [9.17, 15) is 5.11 Å². The SMILES string of the molecule is CC1([C@@](C)(O)c2ccccc2)CC1. The van der Waals surface area contributed by atoms with E-state index >= 15 is 0 Å². The minimum atomic E-state index is -0.658. The fraction of sp³-hybridized carbons (Fsp3) is 0.500. The van der Waals surface area contributed by atoms with Gasteiger partial charge in [0.2, 0.25) is 0 Å². The number of hydrogen-bond acceptors (Lipinski definition) is 1. The summed E-state index contributed by atoms with van der Waals surface area (Å²) in [5.41, 5.74) is 0.484. The van der Waals surface area contributed by atoms with E-state index in [4.69, 9.17) is 0 Å². The Morgan fingerprint density at radius 3 is 2.23 bits per heavy atom. The van der Waals surface area contributed by atoms with Crippen molar-refractivity contribution in [2.75, 3.05) is 0 Å².